The number of aromatic nitrogens is 1. The molecule has 3 N–H and O–H groups in total. The molecule has 0 spiro atoms. The third kappa shape index (κ3) is 3.98. The van der Waals surface area contributed by atoms with Crippen LogP contribution in [0, 0.1) is 5.82 Å². The van der Waals surface area contributed by atoms with Crippen LogP contribution >= 0.6 is 12.2 Å². The summed E-state index contributed by atoms with van der Waals surface area (Å²) in [7, 11) is 0. The van der Waals surface area contributed by atoms with Gasteiger partial charge in [-0.2, -0.15) is 0 Å². The van der Waals surface area contributed by atoms with Gasteiger partial charge in [-0.3, -0.25) is 0 Å². The maximum atomic E-state index is 13.1. The first-order valence-corrected chi connectivity index (χ1v) is 7.22. The number of halogens is 1. The second-order valence-corrected chi connectivity index (χ2v) is 5.04. The Hall–Kier alpha value is -2.02. The summed E-state index contributed by atoms with van der Waals surface area (Å²) in [5.41, 5.74) is 0.714. The maximum Gasteiger partial charge on any atom is 0.218 e. The van der Waals surface area contributed by atoms with E-state index in [4.69, 9.17) is 12.2 Å². The highest BCUT2D eigenvalue weighted by Crippen LogP contribution is 2.35. The maximum absolute atomic E-state index is 13.1. The van der Waals surface area contributed by atoms with E-state index in [-0.39, 0.29) is 22.5 Å². The number of fused-ring (bicyclic) bond motifs is 1. The van der Waals surface area contributed by atoms with E-state index in [2.05, 4.69) is 27.5 Å². The van der Waals surface area contributed by atoms with Gasteiger partial charge in [0.05, 0.1) is 5.52 Å². The molecular weight excluding hydrogens is 291 g/mol. The molecule has 0 atom stereocenters. The van der Waals surface area contributed by atoms with Crippen LogP contribution in [0.2, 0.25) is 0 Å². The minimum Gasteiger partial charge on any atom is -0.493 e. The average Bonchev–Trinajstić information content (AvgIpc) is 2.76. The zero-order valence-electron chi connectivity index (χ0n) is 11.7. The summed E-state index contributed by atoms with van der Waals surface area (Å²) >= 11 is 5.04. The Morgan fingerprint density at radius 3 is 3.00 bits per heavy atom. The molecule has 0 saturated carbocycles. The summed E-state index contributed by atoms with van der Waals surface area (Å²) < 4.78 is 13.1. The van der Waals surface area contributed by atoms with Gasteiger partial charge in [0.15, 0.2) is 5.69 Å². The molecule has 0 unspecified atom stereocenters. The average molecular weight is 308 g/mol. The number of thiocarbonyl (C=S) groups is 1. The number of rotatable bonds is 5. The summed E-state index contributed by atoms with van der Waals surface area (Å²) in [5.74, 6) is -0.548. The third-order valence-electron chi connectivity index (χ3n) is 3.01. The van der Waals surface area contributed by atoms with Crippen molar-refractivity contribution >= 4 is 33.9 Å². The lowest BCUT2D eigenvalue weighted by Crippen LogP contribution is -2.19. The van der Waals surface area contributed by atoms with Crippen LogP contribution in [0.4, 0.5) is 10.1 Å². The van der Waals surface area contributed by atoms with E-state index in [1.165, 1.54) is 18.2 Å². The first-order chi connectivity index (χ1) is 10.1. The first-order valence-electron chi connectivity index (χ1n) is 6.81. The number of nitrogens with one attached hydrogen (secondary N) is 2. The number of H-pyrrole nitrogens is 1. The molecule has 0 saturated heterocycles. The van der Waals surface area contributed by atoms with Gasteiger partial charge in [0, 0.05) is 11.9 Å². The van der Waals surface area contributed by atoms with Crippen LogP contribution in [0.25, 0.3) is 10.9 Å². The normalized spacial score (nSPS) is 11.3. The molecule has 1 aromatic carbocycles. The largest absolute Gasteiger partial charge is 0.493 e. The second kappa shape index (κ2) is 7.12. The Balaban J connectivity index is 2.07. The monoisotopic (exact) mass is 308 g/mol. The van der Waals surface area contributed by atoms with Gasteiger partial charge in [-0.1, -0.05) is 19.8 Å². The van der Waals surface area contributed by atoms with Gasteiger partial charge < -0.3 is 15.4 Å². The lowest BCUT2D eigenvalue weighted by Gasteiger charge is -2.01. The van der Waals surface area contributed by atoms with Gasteiger partial charge in [-0.05, 0) is 36.8 Å². The lowest BCUT2D eigenvalue weighted by molar-refractivity contribution is 0.459. The van der Waals surface area contributed by atoms with E-state index in [1.54, 1.807) is 0 Å². The number of unbranched alkanes of at least 4 members (excludes halogenated alkanes) is 2. The highest BCUT2D eigenvalue weighted by Gasteiger charge is 2.11. The molecule has 0 fully saturated rings. The second-order valence-electron chi connectivity index (χ2n) is 4.65. The number of hydrogen-bond acceptors (Lipinski definition) is 3. The van der Waals surface area contributed by atoms with Crippen molar-refractivity contribution < 1.29 is 9.50 Å². The standard InChI is InChI=1S/C14H17FN4OS/c1-2-3-4-7-16-14(21)19-18-12-10-6-5-9(15)8-11(10)17-13(12)20/h5-6,8,17,20H,2-4,7H2,1H3,(H,16,21). The van der Waals surface area contributed by atoms with Crippen LogP contribution < -0.4 is 5.32 Å². The molecule has 1 aromatic heterocycles. The highest BCUT2D eigenvalue weighted by molar-refractivity contribution is 7.80. The topological polar surface area (TPSA) is 72.8 Å². The molecule has 2 aromatic rings. The molecule has 0 aliphatic heterocycles. The van der Waals surface area contributed by atoms with Crippen LogP contribution in [0.3, 0.4) is 0 Å². The summed E-state index contributed by atoms with van der Waals surface area (Å²) in [6.07, 6.45) is 3.28. The number of hydrogen-bond donors (Lipinski definition) is 3. The van der Waals surface area contributed by atoms with Gasteiger partial charge in [0.2, 0.25) is 11.0 Å². The molecule has 1 heterocycles. The Morgan fingerprint density at radius 2 is 2.24 bits per heavy atom. The van der Waals surface area contributed by atoms with E-state index in [9.17, 15) is 9.50 Å². The molecule has 5 nitrogen and oxygen atoms in total. The van der Waals surface area contributed by atoms with Crippen molar-refractivity contribution in [1.82, 2.24) is 10.3 Å². The van der Waals surface area contributed by atoms with E-state index >= 15 is 0 Å². The lowest BCUT2D eigenvalue weighted by atomic mass is 10.2. The van der Waals surface area contributed by atoms with Crippen LogP contribution in [0.5, 0.6) is 5.88 Å². The fraction of sp³-hybridized carbons (Fsp3) is 0.357. The molecule has 0 bridgehead atoms. The molecule has 7 heteroatoms. The summed E-state index contributed by atoms with van der Waals surface area (Å²) in [4.78, 5) is 2.65. The predicted molar refractivity (Wildman–Crippen MR) is 84.6 cm³/mol. The first kappa shape index (κ1) is 15.4. The Morgan fingerprint density at radius 1 is 1.43 bits per heavy atom. The van der Waals surface area contributed by atoms with E-state index in [0.717, 1.165) is 25.8 Å². The molecule has 21 heavy (non-hydrogen) atoms. The van der Waals surface area contributed by atoms with Gasteiger partial charge in [-0.25, -0.2) is 4.39 Å². The van der Waals surface area contributed by atoms with Crippen LogP contribution in [0.1, 0.15) is 26.2 Å². The van der Waals surface area contributed by atoms with Crippen molar-refractivity contribution in [2.45, 2.75) is 26.2 Å². The Labute approximate surface area is 127 Å². The number of nitrogens with zero attached hydrogens (tertiary/aromatic N) is 2. The van der Waals surface area contributed by atoms with Crippen molar-refractivity contribution in [1.29, 1.82) is 0 Å². The number of benzene rings is 1. The fourth-order valence-electron chi connectivity index (χ4n) is 1.94. The van der Waals surface area contributed by atoms with Crippen molar-refractivity contribution in [3.8, 4) is 5.88 Å². The molecular formula is C14H17FN4OS. The number of aromatic amines is 1. The number of azo groups is 1. The van der Waals surface area contributed by atoms with Crippen LogP contribution in [0.15, 0.2) is 28.4 Å². The summed E-state index contributed by atoms with van der Waals surface area (Å²) in [5, 5.41) is 21.4. The van der Waals surface area contributed by atoms with Crippen molar-refractivity contribution in [3.63, 3.8) is 0 Å². The zero-order valence-corrected chi connectivity index (χ0v) is 12.5. The van der Waals surface area contributed by atoms with Crippen molar-refractivity contribution in [3.05, 3.63) is 24.0 Å². The van der Waals surface area contributed by atoms with Crippen LogP contribution in [-0.2, 0) is 0 Å². The third-order valence-corrected chi connectivity index (χ3v) is 3.24. The van der Waals surface area contributed by atoms with Gasteiger partial charge in [0.25, 0.3) is 0 Å². The zero-order chi connectivity index (χ0) is 15.2. The van der Waals surface area contributed by atoms with Crippen molar-refractivity contribution in [2.75, 3.05) is 6.54 Å². The van der Waals surface area contributed by atoms with Gasteiger partial charge in [-0.15, -0.1) is 10.2 Å². The smallest absolute Gasteiger partial charge is 0.218 e. The quantitative estimate of drug-likeness (QED) is 0.441. The minimum absolute atomic E-state index is 0.159. The Bertz CT molecular complexity index is 668. The fourth-order valence-corrected chi connectivity index (χ4v) is 2.09. The Kier molecular flexibility index (Phi) is 5.21. The minimum atomic E-state index is -0.389. The summed E-state index contributed by atoms with van der Waals surface area (Å²) in [6, 6.07) is 4.12. The number of aromatic hydroxyl groups is 1. The van der Waals surface area contributed by atoms with Crippen LogP contribution in [-0.4, -0.2) is 21.7 Å². The molecule has 0 radical (unpaired) electrons. The van der Waals surface area contributed by atoms with E-state index in [1.807, 2.05) is 0 Å². The van der Waals surface area contributed by atoms with Crippen molar-refractivity contribution in [2.24, 2.45) is 10.2 Å². The molecule has 0 aliphatic carbocycles. The van der Waals surface area contributed by atoms with Gasteiger partial charge >= 0.3 is 0 Å². The van der Waals surface area contributed by atoms with Gasteiger partial charge in [0.1, 0.15) is 5.82 Å². The van der Waals surface area contributed by atoms with E-state index in [0.29, 0.717) is 10.9 Å². The predicted octanol–water partition coefficient (Wildman–Crippen LogP) is 4.16. The SMILES string of the molecule is CCCCCNC(=S)N=Nc1c(O)[nH]c2cc(F)ccc12. The summed E-state index contributed by atoms with van der Waals surface area (Å²) in [6.45, 7) is 2.87. The molecule has 2 rings (SSSR count). The van der Waals surface area contributed by atoms with E-state index < -0.39 is 0 Å². The molecule has 0 aliphatic rings. The molecule has 112 valence electrons. The molecule has 0 amide bonds. The highest BCUT2D eigenvalue weighted by atomic mass is 32.1.